The summed E-state index contributed by atoms with van der Waals surface area (Å²) in [6.45, 7) is 0. The van der Waals surface area contributed by atoms with Gasteiger partial charge in [-0.25, -0.2) is 0 Å². The van der Waals surface area contributed by atoms with Crippen molar-refractivity contribution in [1.29, 1.82) is 0 Å². The van der Waals surface area contributed by atoms with Gasteiger partial charge in [0.25, 0.3) is 0 Å². The van der Waals surface area contributed by atoms with Gasteiger partial charge in [-0.2, -0.15) is 26.3 Å². The van der Waals surface area contributed by atoms with E-state index in [0.29, 0.717) is 0 Å². The quantitative estimate of drug-likeness (QED) is 0.469. The number of hydrogen-bond donors (Lipinski definition) is 0. The molecule has 25 heavy (non-hydrogen) atoms. The zero-order valence-corrected chi connectivity index (χ0v) is 12.4. The summed E-state index contributed by atoms with van der Waals surface area (Å²) in [4.78, 5) is 0. The van der Waals surface area contributed by atoms with Crippen LogP contribution in [0.2, 0.25) is 0 Å². The van der Waals surface area contributed by atoms with Crippen molar-refractivity contribution in [3.63, 3.8) is 0 Å². The first-order valence-corrected chi connectivity index (χ1v) is 7.10. The molecule has 0 spiro atoms. The Bertz CT molecular complexity index is 817. The third-order valence-corrected chi connectivity index (χ3v) is 3.55. The lowest BCUT2D eigenvalue weighted by Gasteiger charge is -2.08. The van der Waals surface area contributed by atoms with Gasteiger partial charge in [0.05, 0.1) is 11.1 Å². The van der Waals surface area contributed by atoms with E-state index >= 15 is 0 Å². The highest BCUT2D eigenvalue weighted by Crippen LogP contribution is 2.36. The van der Waals surface area contributed by atoms with Crippen molar-refractivity contribution >= 4 is 0 Å². The van der Waals surface area contributed by atoms with Crippen LogP contribution < -0.4 is 0 Å². The molecule has 0 radical (unpaired) electrons. The smallest absolute Gasteiger partial charge is 0.416 e. The molecule has 0 aliphatic rings. The average molecular weight is 356 g/mol. The monoisotopic (exact) mass is 356 g/mol. The van der Waals surface area contributed by atoms with E-state index in [9.17, 15) is 26.3 Å². The van der Waals surface area contributed by atoms with E-state index in [1.54, 1.807) is 0 Å². The van der Waals surface area contributed by atoms with E-state index in [4.69, 9.17) is 4.42 Å². The Hall–Kier alpha value is -2.70. The molecule has 3 rings (SSSR count). The molecule has 1 aromatic heterocycles. The summed E-state index contributed by atoms with van der Waals surface area (Å²) in [6, 6.07) is 11.9. The summed E-state index contributed by atoms with van der Waals surface area (Å²) >= 11 is 0. The first kappa shape index (κ1) is 17.1. The molecule has 0 saturated heterocycles. The Kier molecular flexibility index (Phi) is 4.10. The second kappa shape index (κ2) is 5.98. The first-order valence-electron chi connectivity index (χ1n) is 7.10. The number of halogens is 6. The van der Waals surface area contributed by atoms with E-state index in [-0.39, 0.29) is 22.6 Å². The number of benzene rings is 2. The largest absolute Gasteiger partial charge is 0.456 e. The molecule has 0 bridgehead atoms. The minimum atomic E-state index is -4.49. The van der Waals surface area contributed by atoms with Crippen LogP contribution in [0.25, 0.3) is 22.6 Å². The van der Waals surface area contributed by atoms with E-state index in [0.717, 1.165) is 24.3 Å². The second-order valence-electron chi connectivity index (χ2n) is 5.32. The fourth-order valence-corrected chi connectivity index (χ4v) is 2.35. The van der Waals surface area contributed by atoms with Crippen molar-refractivity contribution in [2.45, 2.75) is 12.4 Å². The molecule has 0 aliphatic heterocycles. The first-order chi connectivity index (χ1) is 11.6. The Balaban J connectivity index is 1.96. The van der Waals surface area contributed by atoms with Crippen LogP contribution in [-0.4, -0.2) is 0 Å². The van der Waals surface area contributed by atoms with E-state index in [1.165, 1.54) is 36.4 Å². The fourth-order valence-electron chi connectivity index (χ4n) is 2.35. The lowest BCUT2D eigenvalue weighted by atomic mass is 10.1. The molecule has 1 nitrogen and oxygen atoms in total. The molecule has 0 unspecified atom stereocenters. The molecule has 3 aromatic rings. The highest BCUT2D eigenvalue weighted by atomic mass is 19.4. The van der Waals surface area contributed by atoms with Crippen LogP contribution in [0.5, 0.6) is 0 Å². The zero-order chi connectivity index (χ0) is 18.2. The van der Waals surface area contributed by atoms with Gasteiger partial charge in [0.2, 0.25) is 0 Å². The molecule has 0 fully saturated rings. The number of alkyl halides is 6. The Morgan fingerprint density at radius 3 is 1.32 bits per heavy atom. The summed E-state index contributed by atoms with van der Waals surface area (Å²) in [7, 11) is 0. The molecule has 0 aliphatic carbocycles. The maximum Gasteiger partial charge on any atom is 0.416 e. The van der Waals surface area contributed by atoms with Crippen molar-refractivity contribution in [2.24, 2.45) is 0 Å². The molecule has 0 saturated carbocycles. The van der Waals surface area contributed by atoms with E-state index in [1.807, 2.05) is 0 Å². The number of furan rings is 1. The van der Waals surface area contributed by atoms with Gasteiger partial charge in [-0.1, -0.05) is 24.3 Å². The third kappa shape index (κ3) is 3.70. The average Bonchev–Trinajstić information content (AvgIpc) is 3.04. The molecule has 130 valence electrons. The highest BCUT2D eigenvalue weighted by Gasteiger charge is 2.31. The molecular weight excluding hydrogens is 346 g/mol. The predicted molar refractivity (Wildman–Crippen MR) is 79.6 cm³/mol. The Morgan fingerprint density at radius 2 is 0.960 bits per heavy atom. The molecule has 7 heteroatoms. The SMILES string of the molecule is FC(F)(F)c1cccc(-c2ccc(-c3cccc(C(F)(F)F)c3)o2)c1. The Labute approximate surface area is 138 Å². The summed E-state index contributed by atoms with van der Waals surface area (Å²) in [5.74, 6) is 0.275. The van der Waals surface area contributed by atoms with Crippen molar-refractivity contribution < 1.29 is 30.8 Å². The number of rotatable bonds is 2. The van der Waals surface area contributed by atoms with Crippen molar-refractivity contribution in [1.82, 2.24) is 0 Å². The molecule has 0 amide bonds. The van der Waals surface area contributed by atoms with Gasteiger partial charge < -0.3 is 4.42 Å². The molecule has 2 aromatic carbocycles. The normalized spacial score (nSPS) is 12.4. The zero-order valence-electron chi connectivity index (χ0n) is 12.4. The standard InChI is InChI=1S/C18H10F6O/c19-17(20,21)13-5-1-3-11(9-13)15-7-8-16(25-15)12-4-2-6-14(10-12)18(22,23)24/h1-10H. The maximum absolute atomic E-state index is 12.8. The van der Waals surface area contributed by atoms with Crippen LogP contribution in [0.15, 0.2) is 65.1 Å². The summed E-state index contributed by atoms with van der Waals surface area (Å²) in [6.07, 6.45) is -8.99. The van der Waals surface area contributed by atoms with Crippen molar-refractivity contribution in [2.75, 3.05) is 0 Å². The van der Waals surface area contributed by atoms with Crippen LogP contribution in [-0.2, 0) is 12.4 Å². The fraction of sp³-hybridized carbons (Fsp3) is 0.111. The van der Waals surface area contributed by atoms with Crippen molar-refractivity contribution in [3.8, 4) is 22.6 Å². The van der Waals surface area contributed by atoms with Crippen LogP contribution >= 0.6 is 0 Å². The van der Waals surface area contributed by atoms with Gasteiger partial charge >= 0.3 is 12.4 Å². The lowest BCUT2D eigenvalue weighted by molar-refractivity contribution is -0.138. The molecular formula is C18H10F6O. The molecule has 0 N–H and O–H groups in total. The lowest BCUT2D eigenvalue weighted by Crippen LogP contribution is -2.04. The van der Waals surface area contributed by atoms with Crippen LogP contribution in [0.1, 0.15) is 11.1 Å². The van der Waals surface area contributed by atoms with Gasteiger partial charge in [0.1, 0.15) is 11.5 Å². The van der Waals surface area contributed by atoms with Crippen LogP contribution in [0.3, 0.4) is 0 Å². The topological polar surface area (TPSA) is 13.1 Å². The minimum absolute atomic E-state index is 0.138. The van der Waals surface area contributed by atoms with Gasteiger partial charge in [-0.05, 0) is 36.4 Å². The van der Waals surface area contributed by atoms with Gasteiger partial charge in [0, 0.05) is 11.1 Å². The van der Waals surface area contributed by atoms with Gasteiger partial charge in [-0.15, -0.1) is 0 Å². The van der Waals surface area contributed by atoms with E-state index < -0.39 is 23.5 Å². The van der Waals surface area contributed by atoms with Gasteiger partial charge in [0.15, 0.2) is 0 Å². The summed E-state index contributed by atoms with van der Waals surface area (Å²) in [5.41, 5.74) is -1.29. The van der Waals surface area contributed by atoms with E-state index in [2.05, 4.69) is 0 Å². The molecule has 1 heterocycles. The maximum atomic E-state index is 12.8. The Morgan fingerprint density at radius 1 is 0.560 bits per heavy atom. The summed E-state index contributed by atoms with van der Waals surface area (Å²) < 4.78 is 82.1. The van der Waals surface area contributed by atoms with Crippen LogP contribution in [0.4, 0.5) is 26.3 Å². The third-order valence-electron chi connectivity index (χ3n) is 3.55. The molecule has 0 atom stereocenters. The summed E-state index contributed by atoms with van der Waals surface area (Å²) in [5, 5.41) is 0. The predicted octanol–water partition coefficient (Wildman–Crippen LogP) is 6.65. The van der Waals surface area contributed by atoms with Gasteiger partial charge in [-0.3, -0.25) is 0 Å². The van der Waals surface area contributed by atoms with Crippen molar-refractivity contribution in [3.05, 3.63) is 71.8 Å². The second-order valence-corrected chi connectivity index (χ2v) is 5.32. The number of hydrogen-bond acceptors (Lipinski definition) is 1. The van der Waals surface area contributed by atoms with Crippen LogP contribution in [0, 0.1) is 0 Å². The highest BCUT2D eigenvalue weighted by molar-refractivity contribution is 5.65. The minimum Gasteiger partial charge on any atom is -0.456 e.